The van der Waals surface area contributed by atoms with Crippen molar-refractivity contribution >= 4 is 105 Å². The molecule has 72 heavy (non-hydrogen) atoms. The Hall–Kier alpha value is -2.65. The van der Waals surface area contributed by atoms with Gasteiger partial charge in [0.1, 0.15) is 0 Å². The van der Waals surface area contributed by atoms with E-state index in [9.17, 15) is 17.0 Å². The molecule has 9 rings (SSSR count). The molecule has 2 unspecified atom stereocenters. The van der Waals surface area contributed by atoms with Crippen molar-refractivity contribution in [2.45, 2.75) is 152 Å². The van der Waals surface area contributed by atoms with Gasteiger partial charge in [0.15, 0.2) is 0 Å². The van der Waals surface area contributed by atoms with E-state index < -0.39 is 58.2 Å². The van der Waals surface area contributed by atoms with Gasteiger partial charge in [-0.3, -0.25) is 0 Å². The molecule has 0 aromatic heterocycles. The third kappa shape index (κ3) is 9.11. The van der Waals surface area contributed by atoms with Crippen LogP contribution in [0.25, 0.3) is 45.5 Å². The van der Waals surface area contributed by atoms with Gasteiger partial charge in [0.05, 0.1) is 0 Å². The van der Waals surface area contributed by atoms with Crippen LogP contribution in [0, 0.1) is 0 Å². The predicted octanol–water partition coefficient (Wildman–Crippen LogP) is 15.3. The molecule has 0 N–H and O–H groups in total. The summed E-state index contributed by atoms with van der Waals surface area (Å²) >= 11 is -5.77. The quantitative estimate of drug-likeness (QED) is 0.101. The van der Waals surface area contributed by atoms with Gasteiger partial charge in [-0.05, 0) is 0 Å². The molecule has 0 fully saturated rings. The van der Waals surface area contributed by atoms with Crippen molar-refractivity contribution in [2.75, 3.05) is 0 Å². The molecule has 8 heteroatoms. The number of hydrogen-bond donors (Lipinski definition) is 0. The molecule has 2 aliphatic carbocycles. The molecule has 0 spiro atoms. The van der Waals surface area contributed by atoms with Crippen LogP contribution in [-0.2, 0) is 16.4 Å². The second-order valence-corrected chi connectivity index (χ2v) is 69.5. The van der Waals surface area contributed by atoms with Gasteiger partial charge < -0.3 is 0 Å². The topological polar surface area (TPSA) is 0 Å². The SMILES string of the molecule is CCC1=Cc2c(ccc(C(C)C)c2-c2cc([Si](C)(C)C)cc([Si](C)(C)C)c2)[CH]1[Zr]([Cl])([Cl])([c]1cccc2c1[SiH2]c1ccccc1-2)[CH]1C(CC)=Cc2c1ccc(C(C)C)c2-c1cc([Si](C)(C)C)cc([Si](C)(C)C)c1. The van der Waals surface area contributed by atoms with Crippen molar-refractivity contribution in [1.82, 2.24) is 0 Å². The first-order valence-electron chi connectivity index (χ1n) is 27.3. The first kappa shape index (κ1) is 54.1. The van der Waals surface area contributed by atoms with E-state index >= 15 is 0 Å². The van der Waals surface area contributed by atoms with Crippen LogP contribution in [0.4, 0.5) is 0 Å². The van der Waals surface area contributed by atoms with Gasteiger partial charge in [0.25, 0.3) is 0 Å². The monoisotopic (exact) mass is 1150 g/mol. The Morgan fingerprint density at radius 2 is 0.875 bits per heavy atom. The van der Waals surface area contributed by atoms with Gasteiger partial charge in [-0.25, -0.2) is 0 Å². The van der Waals surface area contributed by atoms with Crippen molar-refractivity contribution in [1.29, 1.82) is 0 Å². The minimum absolute atomic E-state index is 0.108. The Kier molecular flexibility index (Phi) is 14.2. The third-order valence-electron chi connectivity index (χ3n) is 17.0. The first-order chi connectivity index (χ1) is 33.5. The number of fused-ring (bicyclic) bond motifs is 5. The maximum atomic E-state index is 9.64. The summed E-state index contributed by atoms with van der Waals surface area (Å²) in [4.78, 5) is 0. The molecule has 0 nitrogen and oxygen atoms in total. The van der Waals surface area contributed by atoms with Gasteiger partial charge in [0, 0.05) is 0 Å². The van der Waals surface area contributed by atoms with E-state index in [2.05, 4.69) is 235 Å². The summed E-state index contributed by atoms with van der Waals surface area (Å²) in [6, 6.07) is 41.9. The van der Waals surface area contributed by atoms with Gasteiger partial charge >= 0.3 is 455 Å². The number of hydrogen-bond acceptors (Lipinski definition) is 0. The van der Waals surface area contributed by atoms with Crippen molar-refractivity contribution in [3.05, 3.63) is 148 Å². The fourth-order valence-electron chi connectivity index (χ4n) is 12.9. The molecule has 0 radical (unpaired) electrons. The summed E-state index contributed by atoms with van der Waals surface area (Å²) in [6.07, 6.45) is 7.02. The van der Waals surface area contributed by atoms with Gasteiger partial charge in [-0.15, -0.1) is 0 Å². The van der Waals surface area contributed by atoms with Crippen LogP contribution >= 0.6 is 17.0 Å². The molecule has 0 amide bonds. The van der Waals surface area contributed by atoms with Crippen molar-refractivity contribution in [3.63, 3.8) is 0 Å². The molecule has 1 aliphatic heterocycles. The summed E-state index contributed by atoms with van der Waals surface area (Å²) < 4.78 is 1.11. The average molecular weight is 1150 g/mol. The molecular weight excluding hydrogens is 1070 g/mol. The number of rotatable bonds is 13. The van der Waals surface area contributed by atoms with Gasteiger partial charge in [0.2, 0.25) is 0 Å². The molecule has 3 aliphatic rings. The van der Waals surface area contributed by atoms with E-state index in [-0.39, 0.29) is 7.25 Å². The zero-order chi connectivity index (χ0) is 52.4. The van der Waals surface area contributed by atoms with Gasteiger partial charge in [-0.2, -0.15) is 0 Å². The van der Waals surface area contributed by atoms with Crippen LogP contribution < -0.4 is 34.4 Å². The molecule has 6 aromatic rings. The van der Waals surface area contributed by atoms with E-state index in [1.165, 1.54) is 91.6 Å². The van der Waals surface area contributed by atoms with Crippen LogP contribution in [0.5, 0.6) is 0 Å². The zero-order valence-corrected chi connectivity index (χ0v) is 56.5. The fraction of sp³-hybridized carbons (Fsp3) is 0.375. The van der Waals surface area contributed by atoms with Crippen LogP contribution in [0.15, 0.2) is 114 Å². The van der Waals surface area contributed by atoms with Crippen molar-refractivity contribution in [3.8, 4) is 33.4 Å². The average Bonchev–Trinajstić information content (AvgIpc) is 4.01. The second kappa shape index (κ2) is 18.8. The van der Waals surface area contributed by atoms with Crippen LogP contribution in [0.1, 0.15) is 107 Å². The molecular formula is C64H83Cl2Si5Zr. The molecule has 0 saturated carbocycles. The number of halogens is 2. The number of benzene rings is 6. The summed E-state index contributed by atoms with van der Waals surface area (Å²) in [6.45, 7) is 44.5. The van der Waals surface area contributed by atoms with Crippen molar-refractivity contribution in [2.24, 2.45) is 0 Å². The van der Waals surface area contributed by atoms with Crippen LogP contribution in [0.3, 0.4) is 0 Å². The maximum absolute atomic E-state index is 9.64. The van der Waals surface area contributed by atoms with Crippen LogP contribution in [-0.4, -0.2) is 41.8 Å². The van der Waals surface area contributed by atoms with Gasteiger partial charge in [-0.1, -0.05) is 0 Å². The Morgan fingerprint density at radius 1 is 0.486 bits per heavy atom. The predicted molar refractivity (Wildman–Crippen MR) is 337 cm³/mol. The fourth-order valence-corrected chi connectivity index (χ4v) is 46.2. The van der Waals surface area contributed by atoms with E-state index in [0.29, 0.717) is 11.8 Å². The first-order valence-corrected chi connectivity index (χ1v) is 53.1. The number of allylic oxidation sites excluding steroid dienone is 2. The molecule has 2 atom stereocenters. The Labute approximate surface area is 450 Å². The van der Waals surface area contributed by atoms with Crippen LogP contribution in [0.2, 0.25) is 78.6 Å². The van der Waals surface area contributed by atoms with E-state index in [1.807, 2.05) is 0 Å². The standard InChI is InChI=1S/2C26H37Si2.C12H9Si.2ClH.Zr/c2*1-10-19-13-20-11-12-24(18(2)3)26(25(20)14-19)21-15-22(27(4,5)6)17-23(16-21)28(7,8)9;1-3-7-11-9(5-1)10-6-2-4-8-12(10)13-11;;;/h2*11-18H,10H2,1-9H3;1-7H,13H2;2*1H;/q;;;;;+2/p-2. The Balaban J connectivity index is 1.40. The van der Waals surface area contributed by atoms with E-state index in [4.69, 9.17) is 0 Å². The summed E-state index contributed by atoms with van der Waals surface area (Å²) in [5.74, 6) is 0.686. The third-order valence-corrected chi connectivity index (χ3v) is 47.9. The second-order valence-electron chi connectivity index (χ2n) is 26.8. The Bertz CT molecular complexity index is 3010. The van der Waals surface area contributed by atoms with E-state index in [0.717, 1.165) is 12.8 Å². The molecule has 377 valence electrons. The van der Waals surface area contributed by atoms with Crippen molar-refractivity contribution < 1.29 is 16.4 Å². The zero-order valence-electron chi connectivity index (χ0n) is 47.2. The molecule has 6 aromatic carbocycles. The normalized spacial score (nSPS) is 17.7. The van der Waals surface area contributed by atoms with E-state index in [1.54, 1.807) is 20.7 Å². The Morgan fingerprint density at radius 3 is 1.25 bits per heavy atom. The summed E-state index contributed by atoms with van der Waals surface area (Å²) in [5.41, 5.74) is 19.4. The molecule has 0 bridgehead atoms. The summed E-state index contributed by atoms with van der Waals surface area (Å²) in [7, 11) is 11.6. The summed E-state index contributed by atoms with van der Waals surface area (Å²) in [5, 5.41) is 9.19. The molecule has 0 saturated heterocycles. The molecule has 1 heterocycles. The minimum atomic E-state index is -5.77.